The van der Waals surface area contributed by atoms with Gasteiger partial charge < -0.3 is 39.7 Å². The number of ether oxygens (including phenoxy) is 2. The Bertz CT molecular complexity index is 2470. The third-order valence-corrected chi connectivity index (χ3v) is 11.7. The average Bonchev–Trinajstić information content (AvgIpc) is 3.94. The van der Waals surface area contributed by atoms with E-state index in [1.54, 1.807) is 49.1 Å². The van der Waals surface area contributed by atoms with Crippen molar-refractivity contribution in [2.75, 3.05) is 13.1 Å². The van der Waals surface area contributed by atoms with Gasteiger partial charge in [-0.2, -0.15) is 10.2 Å². The molecule has 0 bridgehead atoms. The van der Waals surface area contributed by atoms with E-state index in [1.807, 2.05) is 48.5 Å². The Morgan fingerprint density at radius 3 is 1.81 bits per heavy atom. The first kappa shape index (κ1) is 43.2. The van der Waals surface area contributed by atoms with Crippen LogP contribution < -0.4 is 0 Å². The second kappa shape index (κ2) is 18.1. The van der Waals surface area contributed by atoms with Crippen LogP contribution in [0.25, 0.3) is 0 Å². The smallest absolute Gasteiger partial charge is 0.255 e. The van der Waals surface area contributed by atoms with Crippen molar-refractivity contribution in [3.05, 3.63) is 130 Å². The van der Waals surface area contributed by atoms with E-state index in [-0.39, 0.29) is 60.9 Å². The Labute approximate surface area is 364 Å². The van der Waals surface area contributed by atoms with E-state index < -0.39 is 36.1 Å². The number of hydrogen-bond donors (Lipinski definition) is 4. The van der Waals surface area contributed by atoms with Crippen LogP contribution in [-0.2, 0) is 67.7 Å². The Morgan fingerprint density at radius 1 is 0.698 bits per heavy atom. The number of hydrazone groups is 2. The topological polar surface area (TPSA) is 205 Å². The summed E-state index contributed by atoms with van der Waals surface area (Å²) in [7, 11) is 0. The van der Waals surface area contributed by atoms with Gasteiger partial charge in [0.15, 0.2) is 18.0 Å². The van der Waals surface area contributed by atoms with E-state index in [4.69, 9.17) is 9.47 Å². The zero-order valence-corrected chi connectivity index (χ0v) is 35.0. The summed E-state index contributed by atoms with van der Waals surface area (Å²) in [6, 6.07) is 29.1. The summed E-state index contributed by atoms with van der Waals surface area (Å²) in [5, 5.41) is 51.4. The minimum atomic E-state index is -1.69. The van der Waals surface area contributed by atoms with Gasteiger partial charge in [-0.25, -0.2) is 10.0 Å². The van der Waals surface area contributed by atoms with Gasteiger partial charge in [-0.3, -0.25) is 19.2 Å². The normalized spacial score (nSPS) is 21.2. The number of benzene rings is 4. The summed E-state index contributed by atoms with van der Waals surface area (Å²) >= 11 is 0. The van der Waals surface area contributed by atoms with Gasteiger partial charge in [0.25, 0.3) is 11.8 Å². The third kappa shape index (κ3) is 9.79. The van der Waals surface area contributed by atoms with E-state index in [2.05, 4.69) is 16.3 Å². The lowest BCUT2D eigenvalue weighted by molar-refractivity contribution is -0.161. The summed E-state index contributed by atoms with van der Waals surface area (Å²) in [5.41, 5.74) is 6.56. The number of amides is 4. The van der Waals surface area contributed by atoms with Crippen LogP contribution in [0.4, 0.5) is 0 Å². The molecule has 5 aliphatic heterocycles. The molecule has 1 fully saturated rings. The zero-order chi connectivity index (χ0) is 44.4. The van der Waals surface area contributed by atoms with Crippen LogP contribution in [-0.4, -0.2) is 119 Å². The van der Waals surface area contributed by atoms with Crippen molar-refractivity contribution in [2.45, 2.75) is 95.9 Å². The van der Waals surface area contributed by atoms with E-state index in [0.717, 1.165) is 23.1 Å². The minimum Gasteiger partial charge on any atom is -0.508 e. The number of aliphatic hydroxyl groups excluding tert-OH is 2. The fraction of sp³-hybridized carbons (Fsp3) is 0.362. The Morgan fingerprint density at radius 2 is 1.22 bits per heavy atom. The summed E-state index contributed by atoms with van der Waals surface area (Å²) in [5.74, 6) is -2.03. The Balaban J connectivity index is 0.000000174. The van der Waals surface area contributed by atoms with Crippen LogP contribution in [0.5, 0.6) is 11.5 Å². The molecule has 0 aliphatic carbocycles. The molecule has 16 nitrogen and oxygen atoms in total. The monoisotopic (exact) mass is 858 g/mol. The number of aliphatic hydroxyl groups is 2. The summed E-state index contributed by atoms with van der Waals surface area (Å²) < 4.78 is 12.1. The standard InChI is InChI=1S/C25H27N3O5.C22H23N3O5/c1-25(2)32-22(20-13-21(30)28(26-20)14-16-6-5-9-19(29)12-16)23(33-25)24(31)27-11-10-17-7-3-4-8-18(17)15-27;26-17-7-3-4-14(10-17)12-25-19(27)11-18(23-25)20(28)21(29)22(30)24-9-8-15-5-1-2-6-16(15)13-24/h3-9,12,22-23,29H,10-11,13-15H2,1-2H3;1-7,10,20-21,26,28-29H,8-9,11-13H2/t22-,23+;20-,21+/m00/s1. The van der Waals surface area contributed by atoms with Crippen molar-refractivity contribution in [1.82, 2.24) is 19.8 Å². The maximum absolute atomic E-state index is 13.5. The molecule has 4 amide bonds. The molecule has 4 N–H and O–H groups in total. The van der Waals surface area contributed by atoms with Gasteiger partial charge in [-0.1, -0.05) is 72.8 Å². The lowest BCUT2D eigenvalue weighted by Crippen LogP contribution is -2.48. The highest BCUT2D eigenvalue weighted by Crippen LogP contribution is 2.34. The fourth-order valence-electron chi connectivity index (χ4n) is 8.45. The predicted octanol–water partition coefficient (Wildman–Crippen LogP) is 3.37. The van der Waals surface area contributed by atoms with Crippen LogP contribution in [0.2, 0.25) is 0 Å². The number of hydrogen-bond acceptors (Lipinski definition) is 12. The molecule has 16 heteroatoms. The quantitative estimate of drug-likeness (QED) is 0.193. The predicted molar refractivity (Wildman–Crippen MR) is 228 cm³/mol. The van der Waals surface area contributed by atoms with Crippen LogP contribution in [0, 0.1) is 0 Å². The number of fused-ring (bicyclic) bond motifs is 2. The van der Waals surface area contributed by atoms with Crippen molar-refractivity contribution in [1.29, 1.82) is 0 Å². The number of aromatic hydroxyl groups is 2. The second-order valence-electron chi connectivity index (χ2n) is 16.7. The maximum Gasteiger partial charge on any atom is 0.255 e. The molecule has 0 radical (unpaired) electrons. The Hall–Kier alpha value is -6.46. The van der Waals surface area contributed by atoms with Gasteiger partial charge in [0.2, 0.25) is 11.8 Å². The number of phenols is 2. The first-order valence-electron chi connectivity index (χ1n) is 21.0. The first-order valence-corrected chi connectivity index (χ1v) is 21.0. The van der Waals surface area contributed by atoms with Crippen LogP contribution >= 0.6 is 0 Å². The second-order valence-corrected chi connectivity index (χ2v) is 16.7. The lowest BCUT2D eigenvalue weighted by atomic mass is 9.98. The fourth-order valence-corrected chi connectivity index (χ4v) is 8.45. The van der Waals surface area contributed by atoms with E-state index in [1.165, 1.54) is 38.2 Å². The number of nitrogens with zero attached hydrogens (tertiary/aromatic N) is 6. The van der Waals surface area contributed by atoms with Gasteiger partial charge in [-0.15, -0.1) is 0 Å². The number of phenolic OH excluding ortho intramolecular Hbond substituents is 2. The third-order valence-electron chi connectivity index (χ3n) is 11.7. The van der Waals surface area contributed by atoms with E-state index in [9.17, 15) is 39.6 Å². The highest BCUT2D eigenvalue weighted by molar-refractivity contribution is 6.09. The lowest BCUT2D eigenvalue weighted by Gasteiger charge is -2.31. The Kier molecular flexibility index (Phi) is 12.4. The average molecular weight is 859 g/mol. The molecule has 5 heterocycles. The molecule has 9 rings (SSSR count). The minimum absolute atomic E-state index is 0.0541. The van der Waals surface area contributed by atoms with Gasteiger partial charge in [-0.05, 0) is 84.3 Å². The molecule has 5 aliphatic rings. The molecule has 0 unspecified atom stereocenters. The molecule has 4 aromatic rings. The number of rotatable bonds is 9. The van der Waals surface area contributed by atoms with Gasteiger partial charge in [0, 0.05) is 26.2 Å². The van der Waals surface area contributed by atoms with Gasteiger partial charge >= 0.3 is 0 Å². The number of carbonyl (C=O) groups excluding carboxylic acids is 4. The molecule has 1 saturated heterocycles. The molecule has 0 spiro atoms. The highest BCUT2D eigenvalue weighted by Gasteiger charge is 2.51. The molecule has 4 aromatic carbocycles. The van der Waals surface area contributed by atoms with Crippen molar-refractivity contribution >= 4 is 35.1 Å². The summed E-state index contributed by atoms with van der Waals surface area (Å²) in [6.45, 7) is 5.84. The molecule has 63 heavy (non-hydrogen) atoms. The zero-order valence-electron chi connectivity index (χ0n) is 35.0. The maximum atomic E-state index is 13.5. The summed E-state index contributed by atoms with van der Waals surface area (Å²) in [6.07, 6.45) is -3.48. The van der Waals surface area contributed by atoms with Crippen LogP contribution in [0.15, 0.2) is 107 Å². The van der Waals surface area contributed by atoms with Crippen LogP contribution in [0.3, 0.4) is 0 Å². The first-order chi connectivity index (χ1) is 30.2. The molecule has 4 atom stereocenters. The number of carbonyl (C=O) groups is 4. The van der Waals surface area contributed by atoms with Crippen molar-refractivity contribution in [3.8, 4) is 11.5 Å². The largest absolute Gasteiger partial charge is 0.508 e. The van der Waals surface area contributed by atoms with Crippen molar-refractivity contribution in [3.63, 3.8) is 0 Å². The molecular formula is C47H50N6O10. The molecule has 0 aromatic heterocycles. The van der Waals surface area contributed by atoms with Crippen molar-refractivity contribution < 1.29 is 49.1 Å². The SMILES string of the molecule is CC1(C)O[C@@H](C(=O)N2CCc3ccccc3C2)[C@H](C2=NN(Cc3cccc(O)c3)C(=O)C2)O1.O=C([C@H](O)[C@@H](O)C1=NN(Cc2cccc(O)c2)C(=O)C1)N1CCc2ccccc2C1. The van der Waals surface area contributed by atoms with Crippen LogP contribution in [0.1, 0.15) is 60.1 Å². The van der Waals surface area contributed by atoms with Crippen molar-refractivity contribution in [2.24, 2.45) is 10.2 Å². The summed E-state index contributed by atoms with van der Waals surface area (Å²) in [4.78, 5) is 54.5. The van der Waals surface area contributed by atoms with E-state index in [0.29, 0.717) is 43.9 Å². The van der Waals surface area contributed by atoms with Gasteiger partial charge in [0.1, 0.15) is 23.7 Å². The van der Waals surface area contributed by atoms with E-state index >= 15 is 0 Å². The van der Waals surface area contributed by atoms with Gasteiger partial charge in [0.05, 0.1) is 37.4 Å². The molecule has 0 saturated carbocycles. The molecule has 328 valence electrons. The molecular weight excluding hydrogens is 809 g/mol. The highest BCUT2D eigenvalue weighted by atomic mass is 16.8.